The van der Waals surface area contributed by atoms with E-state index in [2.05, 4.69) is 52.1 Å². The fourth-order valence-corrected chi connectivity index (χ4v) is 3.48. The van der Waals surface area contributed by atoms with E-state index in [0.717, 1.165) is 25.4 Å². The van der Waals surface area contributed by atoms with Crippen molar-refractivity contribution in [2.45, 2.75) is 59.2 Å². The number of morpholine rings is 1. The summed E-state index contributed by atoms with van der Waals surface area (Å²) >= 11 is 4.57. The number of thiol groups is 1. The monoisotopic (exact) mass is 259 g/mol. The molecule has 1 aliphatic heterocycles. The molecule has 1 saturated heterocycles. The van der Waals surface area contributed by atoms with Gasteiger partial charge in [-0.25, -0.2) is 0 Å². The number of rotatable bonds is 5. The van der Waals surface area contributed by atoms with Gasteiger partial charge in [-0.3, -0.25) is 4.90 Å². The van der Waals surface area contributed by atoms with Crippen molar-refractivity contribution >= 4 is 12.6 Å². The molecule has 0 aliphatic carbocycles. The number of nitrogens with zero attached hydrogens (tertiary/aromatic N) is 1. The lowest BCUT2D eigenvalue weighted by molar-refractivity contribution is -0.134. The zero-order chi connectivity index (χ0) is 13.1. The summed E-state index contributed by atoms with van der Waals surface area (Å²) in [6.07, 6.45) is 2.75. The average molecular weight is 259 g/mol. The molecule has 1 aliphatic rings. The van der Waals surface area contributed by atoms with Gasteiger partial charge in [0, 0.05) is 19.6 Å². The van der Waals surface area contributed by atoms with Crippen LogP contribution in [0.4, 0.5) is 0 Å². The molecular formula is C14H29NOS. The molecule has 0 radical (unpaired) electrons. The van der Waals surface area contributed by atoms with Crippen LogP contribution in [0.3, 0.4) is 0 Å². The minimum atomic E-state index is -0.0124. The Kier molecular flexibility index (Phi) is 5.36. The van der Waals surface area contributed by atoms with Crippen LogP contribution in [-0.4, -0.2) is 42.0 Å². The van der Waals surface area contributed by atoms with Gasteiger partial charge in [0.1, 0.15) is 0 Å². The second-order valence-corrected chi connectivity index (χ2v) is 6.54. The van der Waals surface area contributed by atoms with Crippen LogP contribution in [-0.2, 0) is 4.74 Å². The minimum absolute atomic E-state index is 0.0124. The van der Waals surface area contributed by atoms with Gasteiger partial charge in [-0.1, -0.05) is 13.8 Å². The third-order valence-electron chi connectivity index (χ3n) is 4.03. The Morgan fingerprint density at radius 1 is 1.35 bits per heavy atom. The van der Waals surface area contributed by atoms with Crippen LogP contribution in [0.5, 0.6) is 0 Å². The molecule has 0 bridgehead atoms. The molecule has 0 saturated carbocycles. The topological polar surface area (TPSA) is 12.5 Å². The highest BCUT2D eigenvalue weighted by atomic mass is 32.1. The normalized spacial score (nSPS) is 26.1. The van der Waals surface area contributed by atoms with Crippen LogP contribution in [0.1, 0.15) is 47.5 Å². The fraction of sp³-hybridized carbons (Fsp3) is 1.00. The molecule has 2 nitrogen and oxygen atoms in total. The lowest BCUT2D eigenvalue weighted by Crippen LogP contribution is -2.54. The molecule has 0 amide bonds. The summed E-state index contributed by atoms with van der Waals surface area (Å²) in [6, 6.07) is 0. The highest BCUT2D eigenvalue weighted by molar-refractivity contribution is 7.80. The summed E-state index contributed by atoms with van der Waals surface area (Å²) in [4.78, 5) is 2.57. The first-order valence-electron chi connectivity index (χ1n) is 6.87. The predicted molar refractivity (Wildman–Crippen MR) is 77.9 cm³/mol. The molecular weight excluding hydrogens is 230 g/mol. The van der Waals surface area contributed by atoms with Crippen molar-refractivity contribution in [1.29, 1.82) is 0 Å². The number of hydrogen-bond acceptors (Lipinski definition) is 3. The van der Waals surface area contributed by atoms with Crippen molar-refractivity contribution in [2.75, 3.05) is 25.4 Å². The van der Waals surface area contributed by atoms with E-state index < -0.39 is 0 Å². The van der Waals surface area contributed by atoms with Gasteiger partial charge in [-0.15, -0.1) is 0 Å². The molecule has 1 atom stereocenters. The highest BCUT2D eigenvalue weighted by Crippen LogP contribution is 2.31. The Labute approximate surface area is 113 Å². The number of ether oxygens (including phenoxy) is 1. The van der Waals surface area contributed by atoms with Crippen LogP contribution >= 0.6 is 12.6 Å². The smallest absolute Gasteiger partial charge is 0.0757 e. The van der Waals surface area contributed by atoms with Crippen LogP contribution in [0, 0.1) is 5.41 Å². The van der Waals surface area contributed by atoms with E-state index in [-0.39, 0.29) is 5.60 Å². The Bertz CT molecular complexity index is 230. The molecule has 102 valence electrons. The van der Waals surface area contributed by atoms with E-state index in [0.29, 0.717) is 11.5 Å². The summed E-state index contributed by atoms with van der Waals surface area (Å²) in [5, 5.41) is 0. The van der Waals surface area contributed by atoms with E-state index >= 15 is 0 Å². The van der Waals surface area contributed by atoms with Gasteiger partial charge in [0.05, 0.1) is 11.7 Å². The molecule has 1 rings (SSSR count). The largest absolute Gasteiger partial charge is 0.370 e. The molecule has 17 heavy (non-hydrogen) atoms. The quantitative estimate of drug-likeness (QED) is 0.761. The van der Waals surface area contributed by atoms with Crippen molar-refractivity contribution in [3.05, 3.63) is 0 Å². The number of hydrogen-bond donors (Lipinski definition) is 1. The van der Waals surface area contributed by atoms with Crippen molar-refractivity contribution in [1.82, 2.24) is 4.90 Å². The second-order valence-electron chi connectivity index (χ2n) is 6.22. The van der Waals surface area contributed by atoms with Crippen LogP contribution in [0.2, 0.25) is 0 Å². The Morgan fingerprint density at radius 2 is 1.94 bits per heavy atom. The molecule has 1 fully saturated rings. The van der Waals surface area contributed by atoms with Crippen molar-refractivity contribution < 1.29 is 4.74 Å². The van der Waals surface area contributed by atoms with Crippen LogP contribution in [0.15, 0.2) is 0 Å². The molecule has 0 N–H and O–H groups in total. The molecule has 1 unspecified atom stereocenters. The van der Waals surface area contributed by atoms with Crippen LogP contribution < -0.4 is 0 Å². The van der Waals surface area contributed by atoms with Gasteiger partial charge in [0.15, 0.2) is 0 Å². The maximum atomic E-state index is 5.96. The van der Waals surface area contributed by atoms with Gasteiger partial charge in [0.25, 0.3) is 0 Å². The van der Waals surface area contributed by atoms with Crippen LogP contribution in [0.25, 0.3) is 0 Å². The Morgan fingerprint density at radius 3 is 2.35 bits per heavy atom. The van der Waals surface area contributed by atoms with Gasteiger partial charge >= 0.3 is 0 Å². The van der Waals surface area contributed by atoms with E-state index in [4.69, 9.17) is 4.74 Å². The first-order chi connectivity index (χ1) is 7.86. The first-order valence-corrected chi connectivity index (χ1v) is 7.50. The minimum Gasteiger partial charge on any atom is -0.370 e. The second kappa shape index (κ2) is 5.94. The van der Waals surface area contributed by atoms with E-state index in [1.807, 2.05) is 0 Å². The molecule has 0 aromatic carbocycles. The van der Waals surface area contributed by atoms with Gasteiger partial charge in [0.2, 0.25) is 0 Å². The third-order valence-corrected chi connectivity index (χ3v) is 4.71. The predicted octanol–water partition coefficient (Wildman–Crippen LogP) is 3.22. The summed E-state index contributed by atoms with van der Waals surface area (Å²) in [5.41, 5.74) is 0.359. The van der Waals surface area contributed by atoms with Crippen molar-refractivity contribution in [3.8, 4) is 0 Å². The van der Waals surface area contributed by atoms with Gasteiger partial charge in [-0.2, -0.15) is 12.6 Å². The van der Waals surface area contributed by atoms with E-state index in [1.165, 1.54) is 12.8 Å². The van der Waals surface area contributed by atoms with Crippen molar-refractivity contribution in [3.63, 3.8) is 0 Å². The molecule has 3 heteroatoms. The van der Waals surface area contributed by atoms with Crippen molar-refractivity contribution in [2.24, 2.45) is 5.41 Å². The summed E-state index contributed by atoms with van der Waals surface area (Å²) in [5.74, 6) is 0.978. The summed E-state index contributed by atoms with van der Waals surface area (Å²) in [7, 11) is 0. The van der Waals surface area contributed by atoms with E-state index in [9.17, 15) is 0 Å². The standard InChI is InChI=1S/C14H29NOS/c1-6-14(7-2,11-17)10-15-8-12(3)16-13(4,5)9-15/h12,17H,6-11H2,1-5H3. The SMILES string of the molecule is CCC(CC)(CS)CN1CC(C)OC(C)(C)C1. The first kappa shape index (κ1) is 15.3. The molecule has 0 spiro atoms. The molecule has 0 aromatic rings. The fourth-order valence-electron chi connectivity index (χ4n) is 2.93. The van der Waals surface area contributed by atoms with E-state index in [1.54, 1.807) is 0 Å². The lowest BCUT2D eigenvalue weighted by atomic mass is 9.83. The highest BCUT2D eigenvalue weighted by Gasteiger charge is 2.35. The summed E-state index contributed by atoms with van der Waals surface area (Å²) in [6.45, 7) is 14.4. The third kappa shape index (κ3) is 4.15. The molecule has 1 heterocycles. The Balaban J connectivity index is 2.66. The van der Waals surface area contributed by atoms with Gasteiger partial charge in [-0.05, 0) is 44.8 Å². The van der Waals surface area contributed by atoms with Gasteiger partial charge < -0.3 is 4.74 Å². The Hall–Kier alpha value is 0.270. The maximum Gasteiger partial charge on any atom is 0.0757 e. The molecule has 0 aromatic heterocycles. The zero-order valence-corrected chi connectivity index (χ0v) is 13.0. The zero-order valence-electron chi connectivity index (χ0n) is 12.1. The maximum absolute atomic E-state index is 5.96. The summed E-state index contributed by atoms with van der Waals surface area (Å²) < 4.78 is 5.96. The lowest BCUT2D eigenvalue weighted by Gasteiger charge is -2.45. The average Bonchev–Trinajstić information content (AvgIpc) is 2.23.